The number of aromatic nitrogens is 6. The van der Waals surface area contributed by atoms with Gasteiger partial charge in [-0.1, -0.05) is 6.42 Å². The Morgan fingerprint density at radius 3 is 2.81 bits per heavy atom. The molecule has 0 radical (unpaired) electrons. The van der Waals surface area contributed by atoms with Crippen LogP contribution in [0.5, 0.6) is 0 Å². The zero-order valence-electron chi connectivity index (χ0n) is 15.7. The predicted octanol–water partition coefficient (Wildman–Crippen LogP) is 2.78. The van der Waals surface area contributed by atoms with E-state index in [1.54, 1.807) is 18.6 Å². The van der Waals surface area contributed by atoms with Gasteiger partial charge in [0, 0.05) is 38.2 Å². The first-order valence-electron chi connectivity index (χ1n) is 9.27. The fourth-order valence-electron chi connectivity index (χ4n) is 3.58. The zero-order valence-corrected chi connectivity index (χ0v) is 15.7. The third-order valence-corrected chi connectivity index (χ3v) is 4.91. The average molecular weight is 364 g/mol. The van der Waals surface area contributed by atoms with Crippen molar-refractivity contribution in [2.75, 3.05) is 11.9 Å². The maximum atomic E-state index is 4.75. The molecule has 27 heavy (non-hydrogen) atoms. The summed E-state index contributed by atoms with van der Waals surface area (Å²) in [7, 11) is 2.04. The van der Waals surface area contributed by atoms with Gasteiger partial charge in [-0.25, -0.2) is 19.9 Å². The number of likely N-dealkylation sites (tertiary alicyclic amines) is 1. The third kappa shape index (κ3) is 4.11. The van der Waals surface area contributed by atoms with Crippen LogP contribution in [0.1, 0.15) is 42.5 Å². The van der Waals surface area contributed by atoms with Crippen molar-refractivity contribution in [3.63, 3.8) is 0 Å². The minimum Gasteiger partial charge on any atom is -0.337 e. The third-order valence-electron chi connectivity index (χ3n) is 4.91. The van der Waals surface area contributed by atoms with Crippen molar-refractivity contribution in [1.29, 1.82) is 0 Å². The minimum atomic E-state index is 0.276. The van der Waals surface area contributed by atoms with Crippen LogP contribution in [0.25, 0.3) is 0 Å². The standard InChI is InChI=1S/C19H24N8/c1-14-23-16(9-18(24-14)25-19-11-20-6-7-22-19)17-5-3-4-8-27(17)12-15-10-21-13-26(15)2/h6-7,9-11,13,17H,3-5,8,12H2,1-2H3,(H,22,23,24,25). The highest BCUT2D eigenvalue weighted by Gasteiger charge is 2.26. The van der Waals surface area contributed by atoms with Crippen LogP contribution in [0.3, 0.4) is 0 Å². The average Bonchev–Trinajstić information content (AvgIpc) is 3.07. The predicted molar refractivity (Wildman–Crippen MR) is 102 cm³/mol. The number of nitrogens with zero attached hydrogens (tertiary/aromatic N) is 7. The number of nitrogens with one attached hydrogen (secondary N) is 1. The van der Waals surface area contributed by atoms with Gasteiger partial charge in [-0.3, -0.25) is 9.88 Å². The zero-order chi connectivity index (χ0) is 18.6. The van der Waals surface area contributed by atoms with Gasteiger partial charge in [0.05, 0.1) is 30.0 Å². The Morgan fingerprint density at radius 1 is 1.11 bits per heavy atom. The van der Waals surface area contributed by atoms with Gasteiger partial charge >= 0.3 is 0 Å². The maximum absolute atomic E-state index is 4.75. The van der Waals surface area contributed by atoms with E-state index in [1.807, 2.05) is 32.6 Å². The van der Waals surface area contributed by atoms with Gasteiger partial charge < -0.3 is 9.88 Å². The van der Waals surface area contributed by atoms with Gasteiger partial charge in [-0.15, -0.1) is 0 Å². The molecule has 1 fully saturated rings. The Kier molecular flexibility index (Phi) is 5.06. The fourth-order valence-corrected chi connectivity index (χ4v) is 3.58. The van der Waals surface area contributed by atoms with E-state index in [-0.39, 0.29) is 6.04 Å². The van der Waals surface area contributed by atoms with Crippen molar-refractivity contribution in [3.05, 3.63) is 54.4 Å². The molecule has 3 aromatic rings. The molecule has 4 heterocycles. The lowest BCUT2D eigenvalue weighted by atomic mass is 9.98. The number of imidazole rings is 1. The van der Waals surface area contributed by atoms with Crippen molar-refractivity contribution in [1.82, 2.24) is 34.4 Å². The molecule has 8 heteroatoms. The molecule has 1 aliphatic heterocycles. The summed E-state index contributed by atoms with van der Waals surface area (Å²) in [6, 6.07) is 2.31. The lowest BCUT2D eigenvalue weighted by Crippen LogP contribution is -2.34. The quantitative estimate of drug-likeness (QED) is 0.745. The summed E-state index contributed by atoms with van der Waals surface area (Å²) < 4.78 is 2.08. The Labute approximate surface area is 158 Å². The van der Waals surface area contributed by atoms with E-state index < -0.39 is 0 Å². The van der Waals surface area contributed by atoms with Gasteiger partial charge in [-0.05, 0) is 26.3 Å². The molecule has 0 aliphatic carbocycles. The van der Waals surface area contributed by atoms with Crippen LogP contribution in [-0.4, -0.2) is 40.9 Å². The van der Waals surface area contributed by atoms with Crippen LogP contribution in [0.4, 0.5) is 11.6 Å². The summed E-state index contributed by atoms with van der Waals surface area (Å²) in [5.74, 6) is 2.19. The summed E-state index contributed by atoms with van der Waals surface area (Å²) in [5.41, 5.74) is 2.27. The van der Waals surface area contributed by atoms with Crippen LogP contribution in [0, 0.1) is 6.92 Å². The lowest BCUT2D eigenvalue weighted by molar-refractivity contribution is 0.134. The summed E-state index contributed by atoms with van der Waals surface area (Å²) in [5, 5.41) is 3.24. The Balaban J connectivity index is 1.59. The van der Waals surface area contributed by atoms with Crippen LogP contribution in [0.15, 0.2) is 37.2 Å². The Morgan fingerprint density at radius 2 is 2.04 bits per heavy atom. The smallest absolute Gasteiger partial charge is 0.150 e. The van der Waals surface area contributed by atoms with E-state index >= 15 is 0 Å². The summed E-state index contributed by atoms with van der Waals surface area (Å²) in [6.07, 6.45) is 12.3. The van der Waals surface area contributed by atoms with E-state index in [0.717, 1.165) is 36.8 Å². The van der Waals surface area contributed by atoms with Crippen molar-refractivity contribution < 1.29 is 0 Å². The maximum Gasteiger partial charge on any atom is 0.150 e. The van der Waals surface area contributed by atoms with Crippen LogP contribution in [-0.2, 0) is 13.6 Å². The summed E-state index contributed by atoms with van der Waals surface area (Å²) in [4.78, 5) is 24.4. The molecule has 1 saturated heterocycles. The number of anilines is 2. The number of hydrogen-bond donors (Lipinski definition) is 1. The molecule has 0 saturated carbocycles. The second-order valence-corrected chi connectivity index (χ2v) is 6.92. The van der Waals surface area contributed by atoms with Gasteiger partial charge in [-0.2, -0.15) is 0 Å². The van der Waals surface area contributed by atoms with E-state index in [1.165, 1.54) is 18.5 Å². The Bertz CT molecular complexity index is 892. The molecule has 0 aromatic carbocycles. The summed E-state index contributed by atoms with van der Waals surface area (Å²) >= 11 is 0. The molecule has 3 aromatic heterocycles. The van der Waals surface area contributed by atoms with E-state index in [4.69, 9.17) is 4.98 Å². The second-order valence-electron chi connectivity index (χ2n) is 6.92. The van der Waals surface area contributed by atoms with Crippen molar-refractivity contribution in [2.45, 2.75) is 38.8 Å². The largest absolute Gasteiger partial charge is 0.337 e. The number of rotatable bonds is 5. The second kappa shape index (κ2) is 7.79. The fraction of sp³-hybridized carbons (Fsp3) is 0.421. The van der Waals surface area contributed by atoms with Gasteiger partial charge in [0.2, 0.25) is 0 Å². The summed E-state index contributed by atoms with van der Waals surface area (Å²) in [6.45, 7) is 3.86. The van der Waals surface area contributed by atoms with Crippen LogP contribution >= 0.6 is 0 Å². The number of aryl methyl sites for hydroxylation is 2. The SMILES string of the molecule is Cc1nc(Nc2cnccn2)cc(C2CCCCN2Cc2cncn2C)n1. The van der Waals surface area contributed by atoms with Crippen LogP contribution < -0.4 is 5.32 Å². The number of hydrogen-bond acceptors (Lipinski definition) is 7. The normalized spacial score (nSPS) is 17.8. The van der Waals surface area contributed by atoms with Crippen molar-refractivity contribution >= 4 is 11.6 Å². The molecule has 4 rings (SSSR count). The molecule has 1 N–H and O–H groups in total. The van der Waals surface area contributed by atoms with E-state index in [9.17, 15) is 0 Å². The molecule has 140 valence electrons. The van der Waals surface area contributed by atoms with Crippen molar-refractivity contribution in [3.8, 4) is 0 Å². The van der Waals surface area contributed by atoms with E-state index in [0.29, 0.717) is 5.82 Å². The highest BCUT2D eigenvalue weighted by Crippen LogP contribution is 2.32. The van der Waals surface area contributed by atoms with Gasteiger partial charge in [0.25, 0.3) is 0 Å². The molecular weight excluding hydrogens is 340 g/mol. The minimum absolute atomic E-state index is 0.276. The van der Waals surface area contributed by atoms with Crippen LogP contribution in [0.2, 0.25) is 0 Å². The molecule has 0 spiro atoms. The highest BCUT2D eigenvalue weighted by atomic mass is 15.2. The molecule has 1 unspecified atom stereocenters. The van der Waals surface area contributed by atoms with E-state index in [2.05, 4.69) is 34.7 Å². The first-order chi connectivity index (χ1) is 13.2. The lowest BCUT2D eigenvalue weighted by Gasteiger charge is -2.35. The Hall–Kier alpha value is -2.87. The molecule has 0 amide bonds. The molecular formula is C19H24N8. The first-order valence-corrected chi connectivity index (χ1v) is 9.27. The highest BCUT2D eigenvalue weighted by molar-refractivity contribution is 5.50. The monoisotopic (exact) mass is 364 g/mol. The van der Waals surface area contributed by atoms with Gasteiger partial charge in [0.1, 0.15) is 17.5 Å². The molecule has 1 atom stereocenters. The van der Waals surface area contributed by atoms with Crippen molar-refractivity contribution in [2.24, 2.45) is 7.05 Å². The topological polar surface area (TPSA) is 84.7 Å². The molecule has 8 nitrogen and oxygen atoms in total. The molecule has 0 bridgehead atoms. The first kappa shape index (κ1) is 17.5. The van der Waals surface area contributed by atoms with Gasteiger partial charge in [0.15, 0.2) is 0 Å². The molecule has 1 aliphatic rings. The number of piperidine rings is 1.